The molecule has 0 radical (unpaired) electrons. The zero-order valence-corrected chi connectivity index (χ0v) is 17.7. The van der Waals surface area contributed by atoms with Crippen molar-refractivity contribution in [1.82, 2.24) is 5.32 Å². The first kappa shape index (κ1) is 21.2. The average Bonchev–Trinajstić information content (AvgIpc) is 2.76. The van der Waals surface area contributed by atoms with Gasteiger partial charge in [0.1, 0.15) is 0 Å². The number of carbonyl (C=O) groups excluding carboxylic acids is 2. The van der Waals surface area contributed by atoms with Crippen molar-refractivity contribution in [3.63, 3.8) is 0 Å². The van der Waals surface area contributed by atoms with Crippen LogP contribution in [0.25, 0.3) is 0 Å². The van der Waals surface area contributed by atoms with Crippen molar-refractivity contribution in [3.8, 4) is 0 Å². The van der Waals surface area contributed by atoms with Gasteiger partial charge in [-0.05, 0) is 61.4 Å². The van der Waals surface area contributed by atoms with Crippen LogP contribution in [-0.4, -0.2) is 28.4 Å². The van der Waals surface area contributed by atoms with Crippen LogP contribution in [0.4, 0.5) is 0 Å². The number of esters is 1. The van der Waals surface area contributed by atoms with Crippen molar-refractivity contribution in [2.75, 3.05) is 12.4 Å². The Morgan fingerprint density at radius 1 is 1.10 bits per heavy atom. The quantitative estimate of drug-likeness (QED) is 0.702. The standard InChI is InChI=1S/C23H27NO4S/c1-3-29(27)21-11-7-6-10-20(21)23(26)28-15-22(25)24-16(2)18-13-12-17-8-4-5-9-19(17)14-18/h6-7,10-14,16H,3-5,8-9,15H2,1-2H3,(H,24,25)/t16-,29+/m0/s1. The van der Waals surface area contributed by atoms with Gasteiger partial charge in [0.15, 0.2) is 6.61 Å². The zero-order chi connectivity index (χ0) is 20.8. The number of hydrogen-bond donors (Lipinski definition) is 1. The zero-order valence-electron chi connectivity index (χ0n) is 16.9. The third-order valence-electron chi connectivity index (χ3n) is 5.20. The van der Waals surface area contributed by atoms with E-state index in [1.165, 1.54) is 24.0 Å². The molecule has 6 heteroatoms. The molecule has 2 atom stereocenters. The molecule has 0 spiro atoms. The van der Waals surface area contributed by atoms with Gasteiger partial charge in [-0.15, -0.1) is 0 Å². The predicted octanol–water partition coefficient (Wildman–Crippen LogP) is 3.73. The van der Waals surface area contributed by atoms with E-state index in [0.717, 1.165) is 18.4 Å². The van der Waals surface area contributed by atoms with Crippen molar-refractivity contribution < 1.29 is 18.5 Å². The third-order valence-corrected chi connectivity index (χ3v) is 6.57. The first-order valence-electron chi connectivity index (χ1n) is 10.0. The number of benzene rings is 2. The van der Waals surface area contributed by atoms with E-state index in [4.69, 9.17) is 4.74 Å². The number of hydrogen-bond acceptors (Lipinski definition) is 4. The molecule has 0 aliphatic heterocycles. The molecule has 3 rings (SSSR count). The van der Waals surface area contributed by atoms with Crippen LogP contribution in [0.15, 0.2) is 47.4 Å². The van der Waals surface area contributed by atoms with Crippen LogP contribution in [0, 0.1) is 0 Å². The van der Waals surface area contributed by atoms with E-state index in [0.29, 0.717) is 10.6 Å². The minimum absolute atomic E-state index is 0.173. The molecule has 2 aromatic rings. The van der Waals surface area contributed by atoms with Gasteiger partial charge >= 0.3 is 5.97 Å². The molecule has 2 aromatic carbocycles. The molecule has 1 aliphatic carbocycles. The molecule has 0 heterocycles. The fourth-order valence-corrected chi connectivity index (χ4v) is 4.53. The summed E-state index contributed by atoms with van der Waals surface area (Å²) in [4.78, 5) is 25.1. The molecule has 154 valence electrons. The third kappa shape index (κ3) is 5.32. The highest BCUT2D eigenvalue weighted by molar-refractivity contribution is 7.85. The molecule has 1 N–H and O–H groups in total. The molecule has 1 amide bonds. The molecular weight excluding hydrogens is 386 g/mol. The fourth-order valence-electron chi connectivity index (χ4n) is 3.59. The number of fused-ring (bicyclic) bond motifs is 1. The predicted molar refractivity (Wildman–Crippen MR) is 113 cm³/mol. The lowest BCUT2D eigenvalue weighted by atomic mass is 9.89. The molecule has 1 aliphatic rings. The monoisotopic (exact) mass is 413 g/mol. The Morgan fingerprint density at radius 3 is 2.59 bits per heavy atom. The Labute approximate surface area is 174 Å². The Bertz CT molecular complexity index is 925. The van der Waals surface area contributed by atoms with Crippen LogP contribution >= 0.6 is 0 Å². The fraction of sp³-hybridized carbons (Fsp3) is 0.391. The van der Waals surface area contributed by atoms with Gasteiger partial charge in [0.25, 0.3) is 5.91 Å². The van der Waals surface area contributed by atoms with Gasteiger partial charge in [-0.25, -0.2) is 4.79 Å². The number of ether oxygens (including phenoxy) is 1. The average molecular weight is 414 g/mol. The van der Waals surface area contributed by atoms with Crippen molar-refractivity contribution in [3.05, 3.63) is 64.7 Å². The highest BCUT2D eigenvalue weighted by Crippen LogP contribution is 2.24. The highest BCUT2D eigenvalue weighted by atomic mass is 32.2. The normalized spacial score (nSPS) is 15.1. The van der Waals surface area contributed by atoms with E-state index >= 15 is 0 Å². The van der Waals surface area contributed by atoms with Gasteiger partial charge in [-0.2, -0.15) is 0 Å². The van der Waals surface area contributed by atoms with Crippen LogP contribution < -0.4 is 5.32 Å². The summed E-state index contributed by atoms with van der Waals surface area (Å²) in [6, 6.07) is 12.8. The van der Waals surface area contributed by atoms with E-state index in [1.54, 1.807) is 31.2 Å². The van der Waals surface area contributed by atoms with Gasteiger partial charge in [0.05, 0.1) is 27.3 Å². The minimum atomic E-state index is -1.27. The second-order valence-corrected chi connectivity index (χ2v) is 8.94. The topological polar surface area (TPSA) is 72.5 Å². The summed E-state index contributed by atoms with van der Waals surface area (Å²) in [6.07, 6.45) is 4.65. The summed E-state index contributed by atoms with van der Waals surface area (Å²) >= 11 is 0. The van der Waals surface area contributed by atoms with E-state index in [1.807, 2.05) is 6.92 Å². The lowest BCUT2D eigenvalue weighted by Gasteiger charge is -2.20. The lowest BCUT2D eigenvalue weighted by Crippen LogP contribution is -2.31. The van der Waals surface area contributed by atoms with Gasteiger partial charge in [-0.1, -0.05) is 37.3 Å². The number of amides is 1. The van der Waals surface area contributed by atoms with Gasteiger partial charge in [-0.3, -0.25) is 9.00 Å². The maximum Gasteiger partial charge on any atom is 0.339 e. The number of carbonyl (C=O) groups is 2. The van der Waals surface area contributed by atoms with Crippen molar-refractivity contribution in [1.29, 1.82) is 0 Å². The van der Waals surface area contributed by atoms with E-state index in [-0.39, 0.29) is 24.1 Å². The maximum atomic E-state index is 12.4. The van der Waals surface area contributed by atoms with E-state index in [2.05, 4.69) is 23.5 Å². The van der Waals surface area contributed by atoms with Gasteiger partial charge in [0.2, 0.25) is 0 Å². The summed E-state index contributed by atoms with van der Waals surface area (Å²) in [5.41, 5.74) is 4.05. The SMILES string of the molecule is CC[S@@](=O)c1ccccc1C(=O)OCC(=O)N[C@@H](C)c1ccc2c(c1)CCCC2. The van der Waals surface area contributed by atoms with Crippen LogP contribution in [0.1, 0.15) is 59.8 Å². The second kappa shape index (κ2) is 9.83. The number of rotatable bonds is 7. The first-order valence-corrected chi connectivity index (χ1v) is 11.4. The lowest BCUT2D eigenvalue weighted by molar-refractivity contribution is -0.124. The highest BCUT2D eigenvalue weighted by Gasteiger charge is 2.18. The molecule has 0 saturated heterocycles. The smallest absolute Gasteiger partial charge is 0.339 e. The first-order chi connectivity index (χ1) is 14.0. The van der Waals surface area contributed by atoms with Crippen LogP contribution in [0.2, 0.25) is 0 Å². The summed E-state index contributed by atoms with van der Waals surface area (Å²) in [6.45, 7) is 3.33. The molecule has 0 saturated carbocycles. The Morgan fingerprint density at radius 2 is 1.83 bits per heavy atom. The number of nitrogens with one attached hydrogen (secondary N) is 1. The minimum Gasteiger partial charge on any atom is -0.452 e. The summed E-state index contributed by atoms with van der Waals surface area (Å²) in [5, 5.41) is 2.88. The van der Waals surface area contributed by atoms with E-state index < -0.39 is 16.8 Å². The molecule has 0 unspecified atom stereocenters. The van der Waals surface area contributed by atoms with Crippen LogP contribution in [-0.2, 0) is 33.2 Å². The molecule has 0 fully saturated rings. The molecule has 0 bridgehead atoms. The molecule has 29 heavy (non-hydrogen) atoms. The van der Waals surface area contributed by atoms with Crippen molar-refractivity contribution in [2.24, 2.45) is 0 Å². The van der Waals surface area contributed by atoms with Crippen LogP contribution in [0.5, 0.6) is 0 Å². The van der Waals surface area contributed by atoms with Crippen molar-refractivity contribution >= 4 is 22.7 Å². The van der Waals surface area contributed by atoms with Gasteiger partial charge < -0.3 is 10.1 Å². The Hall–Kier alpha value is -2.47. The molecular formula is C23H27NO4S. The summed E-state index contributed by atoms with van der Waals surface area (Å²) in [7, 11) is -1.27. The van der Waals surface area contributed by atoms with Crippen LogP contribution in [0.3, 0.4) is 0 Å². The Balaban J connectivity index is 1.57. The molecule has 0 aromatic heterocycles. The van der Waals surface area contributed by atoms with Gasteiger partial charge in [0, 0.05) is 5.75 Å². The van der Waals surface area contributed by atoms with Crippen molar-refractivity contribution in [2.45, 2.75) is 50.5 Å². The number of aryl methyl sites for hydroxylation is 2. The Kier molecular flexibility index (Phi) is 7.20. The second-order valence-electron chi connectivity index (χ2n) is 7.23. The molecule has 5 nitrogen and oxygen atoms in total. The largest absolute Gasteiger partial charge is 0.452 e. The summed E-state index contributed by atoms with van der Waals surface area (Å²) < 4.78 is 17.3. The maximum absolute atomic E-state index is 12.4. The summed E-state index contributed by atoms with van der Waals surface area (Å²) in [5.74, 6) is -0.597. The van der Waals surface area contributed by atoms with E-state index in [9.17, 15) is 13.8 Å².